The maximum Gasteiger partial charge on any atom is 0.145 e. The molecule has 2 nitrogen and oxygen atoms in total. The van der Waals surface area contributed by atoms with E-state index in [9.17, 15) is 5.48 Å². The summed E-state index contributed by atoms with van der Waals surface area (Å²) in [5, 5.41) is 0.374. The molecule has 8 aromatic carbocycles. The third-order valence-electron chi connectivity index (χ3n) is 9.95. The van der Waals surface area contributed by atoms with E-state index in [4.69, 9.17) is 17.3 Å². The summed E-state index contributed by atoms with van der Waals surface area (Å²) >= 11 is 0. The summed E-state index contributed by atoms with van der Waals surface area (Å²) in [5.74, 6) is 0.102. The molecule has 9 aromatic rings. The van der Waals surface area contributed by atoms with Gasteiger partial charge in [-0.3, -0.25) is 4.57 Å². The smallest absolute Gasteiger partial charge is 0.145 e. The molecule has 50 heavy (non-hydrogen) atoms. The quantitative estimate of drug-likeness (QED) is 0.173. The first-order valence-electron chi connectivity index (χ1n) is 22.8. The molecule has 1 aliphatic carbocycles. The fraction of sp³-hybridized carbons (Fsp3) is 0.0625. The Balaban J connectivity index is 1.29. The minimum Gasteiger partial charge on any atom is -0.292 e. The lowest BCUT2D eigenvalue weighted by atomic mass is 9.80. The highest BCUT2D eigenvalue weighted by molar-refractivity contribution is 6.21. The van der Waals surface area contributed by atoms with Crippen molar-refractivity contribution in [2.45, 2.75) is 19.3 Å². The molecule has 0 spiro atoms. The van der Waals surface area contributed by atoms with Crippen LogP contribution >= 0.6 is 0 Å². The molecule has 0 fully saturated rings. The summed E-state index contributed by atoms with van der Waals surface area (Å²) in [4.78, 5) is 4.74. The number of aromatic nitrogens is 2. The molecule has 0 saturated heterocycles. The van der Waals surface area contributed by atoms with Gasteiger partial charge in [0, 0.05) is 16.7 Å². The third kappa shape index (κ3) is 4.18. The monoisotopic (exact) mass is 651 g/mol. The van der Waals surface area contributed by atoms with Crippen LogP contribution in [0.5, 0.6) is 0 Å². The standard InChI is InChI=1S/C48H34N2/c1-48(2)41-21-11-10-16-35(41)36-29-26-33(30-42(36)48)46-39-19-8-6-17-37(39)45(38-18-7-9-20-40(38)46)31-24-27-34(28-25-31)50-44-23-13-12-22-43(44)49-47(50)32-14-4-3-5-15-32/h3-30H,1-2H3/i3D,4D,5D,6D,7D,8D,9D,14D,15D,17D,18D,19D,20D. The fourth-order valence-corrected chi connectivity index (χ4v) is 7.66. The van der Waals surface area contributed by atoms with Crippen LogP contribution in [0.4, 0.5) is 0 Å². The second kappa shape index (κ2) is 10.9. The van der Waals surface area contributed by atoms with Crippen LogP contribution in [0.15, 0.2) is 170 Å². The Morgan fingerprint density at radius 3 is 1.78 bits per heavy atom. The molecule has 0 radical (unpaired) electrons. The van der Waals surface area contributed by atoms with E-state index in [0.717, 1.165) is 22.3 Å². The lowest BCUT2D eigenvalue weighted by Crippen LogP contribution is -2.14. The molecule has 2 heteroatoms. The van der Waals surface area contributed by atoms with Crippen molar-refractivity contribution in [2.75, 3.05) is 0 Å². The molecule has 0 amide bonds. The van der Waals surface area contributed by atoms with E-state index in [1.807, 2.05) is 30.3 Å². The molecular weight excluding hydrogens is 605 g/mol. The molecule has 0 unspecified atom stereocenters. The lowest BCUT2D eigenvalue weighted by Gasteiger charge is -2.23. The zero-order valence-corrected chi connectivity index (χ0v) is 27.1. The van der Waals surface area contributed by atoms with Gasteiger partial charge in [-0.05, 0) is 96.4 Å². The molecule has 0 aliphatic heterocycles. The summed E-state index contributed by atoms with van der Waals surface area (Å²) in [6, 6.07) is 21.9. The minimum atomic E-state index is -0.534. The van der Waals surface area contributed by atoms with Crippen molar-refractivity contribution < 1.29 is 17.8 Å². The number of rotatable bonds is 4. The minimum absolute atomic E-state index is 0.0808. The Hall–Kier alpha value is -6.25. The van der Waals surface area contributed by atoms with E-state index in [-0.39, 0.29) is 68.2 Å². The van der Waals surface area contributed by atoms with Crippen LogP contribution in [-0.4, -0.2) is 9.55 Å². The molecule has 0 saturated carbocycles. The molecule has 0 bridgehead atoms. The molecule has 1 aliphatic rings. The predicted octanol–water partition coefficient (Wildman–Crippen LogP) is 12.6. The number of fused-ring (bicyclic) bond motifs is 6. The number of benzene rings is 8. The van der Waals surface area contributed by atoms with Gasteiger partial charge in [-0.25, -0.2) is 4.98 Å². The van der Waals surface area contributed by atoms with Gasteiger partial charge < -0.3 is 0 Å². The molecule has 10 rings (SSSR count). The second-order valence-electron chi connectivity index (χ2n) is 13.0. The van der Waals surface area contributed by atoms with Crippen molar-refractivity contribution >= 4 is 32.6 Å². The molecule has 236 valence electrons. The molecule has 1 aromatic heterocycles. The van der Waals surface area contributed by atoms with Crippen molar-refractivity contribution in [3.8, 4) is 50.5 Å². The van der Waals surface area contributed by atoms with E-state index in [1.165, 1.54) is 0 Å². The van der Waals surface area contributed by atoms with E-state index in [1.54, 1.807) is 53.1 Å². The van der Waals surface area contributed by atoms with Crippen LogP contribution in [-0.2, 0) is 5.41 Å². The number of hydrogen-bond acceptors (Lipinski definition) is 1. The fourth-order valence-electron chi connectivity index (χ4n) is 7.66. The Bertz CT molecular complexity index is 3410. The molecule has 0 atom stereocenters. The van der Waals surface area contributed by atoms with Gasteiger partial charge in [0.1, 0.15) is 5.82 Å². The highest BCUT2D eigenvalue weighted by atomic mass is 15.1. The van der Waals surface area contributed by atoms with Gasteiger partial charge in [0.2, 0.25) is 0 Å². The van der Waals surface area contributed by atoms with Gasteiger partial charge in [0.15, 0.2) is 0 Å². The van der Waals surface area contributed by atoms with E-state index >= 15 is 0 Å². The van der Waals surface area contributed by atoms with E-state index in [0.29, 0.717) is 27.8 Å². The largest absolute Gasteiger partial charge is 0.292 e. The van der Waals surface area contributed by atoms with Crippen LogP contribution in [0.1, 0.15) is 42.8 Å². The van der Waals surface area contributed by atoms with Crippen LogP contribution in [0.25, 0.3) is 83.0 Å². The Labute approximate surface area is 310 Å². The zero-order chi connectivity index (χ0) is 44.7. The van der Waals surface area contributed by atoms with Gasteiger partial charge in [-0.1, -0.05) is 153 Å². The summed E-state index contributed by atoms with van der Waals surface area (Å²) < 4.78 is 117. The molecular formula is C48H34N2. The van der Waals surface area contributed by atoms with Gasteiger partial charge in [-0.15, -0.1) is 0 Å². The van der Waals surface area contributed by atoms with Crippen LogP contribution in [0.2, 0.25) is 0 Å². The summed E-state index contributed by atoms with van der Waals surface area (Å²) in [6.45, 7) is 4.23. The van der Waals surface area contributed by atoms with Crippen molar-refractivity contribution in [3.63, 3.8) is 0 Å². The first kappa shape index (κ1) is 18.5. The molecule has 0 N–H and O–H groups in total. The summed E-state index contributed by atoms with van der Waals surface area (Å²) in [6.07, 6.45) is 0. The second-order valence-corrected chi connectivity index (χ2v) is 13.0. The first-order chi connectivity index (χ1) is 30.0. The van der Waals surface area contributed by atoms with Gasteiger partial charge >= 0.3 is 0 Å². The summed E-state index contributed by atoms with van der Waals surface area (Å²) in [7, 11) is 0. The third-order valence-corrected chi connectivity index (χ3v) is 9.95. The van der Waals surface area contributed by atoms with Crippen LogP contribution < -0.4 is 0 Å². The zero-order valence-electron chi connectivity index (χ0n) is 40.1. The van der Waals surface area contributed by atoms with Crippen molar-refractivity contribution in [2.24, 2.45) is 0 Å². The number of hydrogen-bond donors (Lipinski definition) is 0. The number of imidazole rings is 1. The van der Waals surface area contributed by atoms with Crippen molar-refractivity contribution in [3.05, 3.63) is 181 Å². The van der Waals surface area contributed by atoms with Crippen LogP contribution in [0.3, 0.4) is 0 Å². The first-order valence-corrected chi connectivity index (χ1v) is 16.3. The average Bonchev–Trinajstić information content (AvgIpc) is 3.78. The maximum absolute atomic E-state index is 9.43. The van der Waals surface area contributed by atoms with Crippen molar-refractivity contribution in [1.82, 2.24) is 9.55 Å². The summed E-state index contributed by atoms with van der Waals surface area (Å²) in [5.41, 5.74) is 6.56. The van der Waals surface area contributed by atoms with Gasteiger partial charge in [-0.2, -0.15) is 0 Å². The normalized spacial score (nSPS) is 16.8. The van der Waals surface area contributed by atoms with Gasteiger partial charge in [0.25, 0.3) is 0 Å². The number of nitrogens with zero attached hydrogens (tertiary/aromatic N) is 2. The lowest BCUT2D eigenvalue weighted by molar-refractivity contribution is 0.660. The Kier molecular flexibility index (Phi) is 4.03. The SMILES string of the molecule is [2H]c1c([2H])c([2H])c(-c2nc3ccccc3n2-c2ccc(-c3c4c([2H])c([2H])c([2H])c([2H])c4c(-c4ccc5c(c4)C(C)(C)c4ccccc4-5)c4c([2H])c([2H])c([2H])c([2H])c34)cc2)c([2H])c1[2H]. The van der Waals surface area contributed by atoms with E-state index < -0.39 is 59.8 Å². The topological polar surface area (TPSA) is 17.8 Å². The Morgan fingerprint density at radius 2 is 1.08 bits per heavy atom. The highest BCUT2D eigenvalue weighted by Gasteiger charge is 2.35. The molecule has 1 heterocycles. The highest BCUT2D eigenvalue weighted by Crippen LogP contribution is 2.51. The average molecular weight is 652 g/mol. The van der Waals surface area contributed by atoms with Crippen LogP contribution in [0, 0.1) is 0 Å². The van der Waals surface area contributed by atoms with E-state index in [2.05, 4.69) is 26.0 Å². The maximum atomic E-state index is 9.43. The predicted molar refractivity (Wildman–Crippen MR) is 210 cm³/mol. The Morgan fingerprint density at radius 1 is 0.520 bits per heavy atom. The van der Waals surface area contributed by atoms with Crippen molar-refractivity contribution in [1.29, 1.82) is 0 Å². The number of para-hydroxylation sites is 2. The van der Waals surface area contributed by atoms with Gasteiger partial charge in [0.05, 0.1) is 28.9 Å².